The summed E-state index contributed by atoms with van der Waals surface area (Å²) in [7, 11) is 0. The highest BCUT2D eigenvalue weighted by Gasteiger charge is 2.30. The van der Waals surface area contributed by atoms with Gasteiger partial charge in [0.05, 0.1) is 12.1 Å². The number of furan rings is 1. The Morgan fingerprint density at radius 1 is 1.33 bits per heavy atom. The molecule has 2 heterocycles. The minimum atomic E-state index is -0.798. The standard InChI is InChI=1S/C16H16FNO3/c17-13-5-2-1-4-12(13)15-8-7-11(21-15)10-18-9-3-6-14(18)16(19)20/h1-2,4-5,7-8,14H,3,6,9-10H2,(H,19,20)/t14-/m0/s1. The topological polar surface area (TPSA) is 53.7 Å². The lowest BCUT2D eigenvalue weighted by molar-refractivity contribution is -0.142. The number of carbonyl (C=O) groups is 1. The van der Waals surface area contributed by atoms with Crippen molar-refractivity contribution in [1.29, 1.82) is 0 Å². The van der Waals surface area contributed by atoms with Crippen LogP contribution < -0.4 is 0 Å². The maximum Gasteiger partial charge on any atom is 0.320 e. The number of aliphatic carboxylic acids is 1. The van der Waals surface area contributed by atoms with Crippen molar-refractivity contribution < 1.29 is 18.7 Å². The van der Waals surface area contributed by atoms with Crippen LogP contribution in [0.4, 0.5) is 4.39 Å². The summed E-state index contributed by atoms with van der Waals surface area (Å²) >= 11 is 0. The van der Waals surface area contributed by atoms with E-state index >= 15 is 0 Å². The fourth-order valence-corrected chi connectivity index (χ4v) is 2.76. The van der Waals surface area contributed by atoms with Gasteiger partial charge < -0.3 is 9.52 Å². The first-order chi connectivity index (χ1) is 10.1. The number of carboxylic acid groups (broad SMARTS) is 1. The maximum absolute atomic E-state index is 13.7. The average molecular weight is 289 g/mol. The van der Waals surface area contributed by atoms with Gasteiger partial charge in [-0.3, -0.25) is 9.69 Å². The second-order valence-corrected chi connectivity index (χ2v) is 5.21. The van der Waals surface area contributed by atoms with Gasteiger partial charge in [-0.25, -0.2) is 4.39 Å². The van der Waals surface area contributed by atoms with Crippen LogP contribution in [0.1, 0.15) is 18.6 Å². The summed E-state index contributed by atoms with van der Waals surface area (Å²) in [6.45, 7) is 1.18. The summed E-state index contributed by atoms with van der Waals surface area (Å²) in [4.78, 5) is 13.0. The van der Waals surface area contributed by atoms with E-state index in [2.05, 4.69) is 0 Å². The predicted molar refractivity (Wildman–Crippen MR) is 75.2 cm³/mol. The number of benzene rings is 1. The van der Waals surface area contributed by atoms with E-state index in [9.17, 15) is 9.18 Å². The molecule has 1 atom stereocenters. The van der Waals surface area contributed by atoms with E-state index in [0.29, 0.717) is 30.0 Å². The number of hydrogen-bond donors (Lipinski definition) is 1. The molecule has 1 fully saturated rings. The van der Waals surface area contributed by atoms with Gasteiger partial charge in [0.2, 0.25) is 0 Å². The molecule has 4 nitrogen and oxygen atoms in total. The van der Waals surface area contributed by atoms with Crippen molar-refractivity contribution >= 4 is 5.97 Å². The molecule has 0 unspecified atom stereocenters. The fourth-order valence-electron chi connectivity index (χ4n) is 2.76. The Balaban J connectivity index is 1.77. The van der Waals surface area contributed by atoms with Crippen molar-refractivity contribution in [3.63, 3.8) is 0 Å². The van der Waals surface area contributed by atoms with E-state index in [0.717, 1.165) is 13.0 Å². The van der Waals surface area contributed by atoms with Crippen LogP contribution in [0.3, 0.4) is 0 Å². The Bertz CT molecular complexity index is 652. The number of nitrogens with zero attached hydrogens (tertiary/aromatic N) is 1. The van der Waals surface area contributed by atoms with E-state index in [1.165, 1.54) is 6.07 Å². The summed E-state index contributed by atoms with van der Waals surface area (Å²) < 4.78 is 19.4. The van der Waals surface area contributed by atoms with Gasteiger partial charge in [0.1, 0.15) is 23.4 Å². The van der Waals surface area contributed by atoms with Crippen LogP contribution in [-0.2, 0) is 11.3 Å². The van der Waals surface area contributed by atoms with Gasteiger partial charge in [0.15, 0.2) is 0 Å². The second kappa shape index (κ2) is 5.69. The number of carboxylic acids is 1. The van der Waals surface area contributed by atoms with Crippen LogP contribution in [0.2, 0.25) is 0 Å². The van der Waals surface area contributed by atoms with Gasteiger partial charge >= 0.3 is 5.97 Å². The molecule has 3 rings (SSSR count). The summed E-state index contributed by atoms with van der Waals surface area (Å²) in [5.41, 5.74) is 0.417. The van der Waals surface area contributed by atoms with Gasteiger partial charge in [0.25, 0.3) is 0 Å². The zero-order chi connectivity index (χ0) is 14.8. The summed E-state index contributed by atoms with van der Waals surface area (Å²) in [5.74, 6) is -0.00746. The third kappa shape index (κ3) is 2.83. The van der Waals surface area contributed by atoms with Gasteiger partial charge in [-0.05, 0) is 43.7 Å². The maximum atomic E-state index is 13.7. The Labute approximate surface area is 121 Å². The molecule has 0 aliphatic carbocycles. The molecule has 1 aromatic carbocycles. The first-order valence-electron chi connectivity index (χ1n) is 6.95. The van der Waals surface area contributed by atoms with Gasteiger partial charge in [-0.2, -0.15) is 0 Å². The second-order valence-electron chi connectivity index (χ2n) is 5.21. The van der Waals surface area contributed by atoms with Crippen molar-refractivity contribution in [3.8, 4) is 11.3 Å². The van der Waals surface area contributed by atoms with Gasteiger partial charge in [-0.15, -0.1) is 0 Å². The SMILES string of the molecule is O=C(O)[C@@H]1CCCN1Cc1ccc(-c2ccccc2F)o1. The molecule has 0 spiro atoms. The predicted octanol–water partition coefficient (Wildman–Crippen LogP) is 3.13. The normalized spacial score (nSPS) is 19.0. The molecule has 110 valence electrons. The molecular formula is C16H16FNO3. The number of halogens is 1. The van der Waals surface area contributed by atoms with E-state index in [-0.39, 0.29) is 5.82 Å². The van der Waals surface area contributed by atoms with Crippen molar-refractivity contribution in [2.24, 2.45) is 0 Å². The molecule has 21 heavy (non-hydrogen) atoms. The largest absolute Gasteiger partial charge is 0.480 e. The molecule has 1 N–H and O–H groups in total. The number of likely N-dealkylation sites (tertiary alicyclic amines) is 1. The Morgan fingerprint density at radius 3 is 2.90 bits per heavy atom. The molecule has 5 heteroatoms. The third-order valence-electron chi connectivity index (χ3n) is 3.81. The number of hydrogen-bond acceptors (Lipinski definition) is 3. The molecule has 1 saturated heterocycles. The quantitative estimate of drug-likeness (QED) is 0.939. The summed E-state index contributed by atoms with van der Waals surface area (Å²) in [5, 5.41) is 9.16. The van der Waals surface area contributed by atoms with Crippen molar-refractivity contribution in [2.75, 3.05) is 6.54 Å². The van der Waals surface area contributed by atoms with Crippen LogP contribution in [0.5, 0.6) is 0 Å². The lowest BCUT2D eigenvalue weighted by Gasteiger charge is -2.19. The molecule has 0 bridgehead atoms. The molecule has 1 aromatic heterocycles. The Hall–Kier alpha value is -2.14. The molecule has 1 aliphatic heterocycles. The minimum absolute atomic E-state index is 0.331. The zero-order valence-corrected chi connectivity index (χ0v) is 11.5. The van der Waals surface area contributed by atoms with Crippen LogP contribution in [0.15, 0.2) is 40.8 Å². The van der Waals surface area contributed by atoms with Crippen LogP contribution in [0, 0.1) is 5.82 Å². The Kier molecular flexibility index (Phi) is 3.75. The van der Waals surface area contributed by atoms with E-state index < -0.39 is 12.0 Å². The van der Waals surface area contributed by atoms with Crippen molar-refractivity contribution in [1.82, 2.24) is 4.90 Å². The van der Waals surface area contributed by atoms with Crippen LogP contribution >= 0.6 is 0 Å². The highest BCUT2D eigenvalue weighted by atomic mass is 19.1. The molecule has 0 saturated carbocycles. The minimum Gasteiger partial charge on any atom is -0.480 e. The lowest BCUT2D eigenvalue weighted by Crippen LogP contribution is -2.35. The highest BCUT2D eigenvalue weighted by Crippen LogP contribution is 2.27. The van der Waals surface area contributed by atoms with Crippen molar-refractivity contribution in [3.05, 3.63) is 48.0 Å². The molecule has 1 aliphatic rings. The summed E-state index contributed by atoms with van der Waals surface area (Å²) in [6, 6.07) is 9.48. The van der Waals surface area contributed by atoms with Gasteiger partial charge in [-0.1, -0.05) is 12.1 Å². The monoisotopic (exact) mass is 289 g/mol. The van der Waals surface area contributed by atoms with Crippen molar-refractivity contribution in [2.45, 2.75) is 25.4 Å². The highest BCUT2D eigenvalue weighted by molar-refractivity contribution is 5.73. The lowest BCUT2D eigenvalue weighted by atomic mass is 10.1. The van der Waals surface area contributed by atoms with E-state index in [1.807, 2.05) is 4.90 Å². The smallest absolute Gasteiger partial charge is 0.320 e. The zero-order valence-electron chi connectivity index (χ0n) is 11.5. The van der Waals surface area contributed by atoms with E-state index in [4.69, 9.17) is 9.52 Å². The first-order valence-corrected chi connectivity index (χ1v) is 6.95. The van der Waals surface area contributed by atoms with Gasteiger partial charge in [0, 0.05) is 0 Å². The third-order valence-corrected chi connectivity index (χ3v) is 3.81. The molecule has 0 radical (unpaired) electrons. The van der Waals surface area contributed by atoms with Crippen LogP contribution in [0.25, 0.3) is 11.3 Å². The number of rotatable bonds is 4. The average Bonchev–Trinajstić information content (AvgIpc) is 3.09. The molecular weight excluding hydrogens is 273 g/mol. The fraction of sp³-hybridized carbons (Fsp3) is 0.312. The first kappa shape index (κ1) is 13.8. The van der Waals surface area contributed by atoms with Crippen LogP contribution in [-0.4, -0.2) is 28.6 Å². The molecule has 0 amide bonds. The van der Waals surface area contributed by atoms with E-state index in [1.54, 1.807) is 30.3 Å². The summed E-state index contributed by atoms with van der Waals surface area (Å²) in [6.07, 6.45) is 1.54. The Morgan fingerprint density at radius 2 is 2.14 bits per heavy atom. The molecule has 2 aromatic rings.